The van der Waals surface area contributed by atoms with Crippen molar-refractivity contribution >= 4 is 11.7 Å². The highest BCUT2D eigenvalue weighted by Gasteiger charge is 2.50. The van der Waals surface area contributed by atoms with Crippen LogP contribution in [0.2, 0.25) is 0 Å². The maximum Gasteiger partial charge on any atom is 0.416 e. The first-order valence-electron chi connectivity index (χ1n) is 6.67. The summed E-state index contributed by atoms with van der Waals surface area (Å²) in [5, 5.41) is 9.15. The number of carboxylic acids is 1. The van der Waals surface area contributed by atoms with Crippen molar-refractivity contribution in [2.45, 2.75) is 37.5 Å². The minimum atomic E-state index is -4.59. The number of hydrogen-bond donors (Lipinski definition) is 1. The zero-order valence-electron chi connectivity index (χ0n) is 10.9. The summed E-state index contributed by atoms with van der Waals surface area (Å²) in [5.74, 6) is -2.46. The van der Waals surface area contributed by atoms with E-state index in [2.05, 4.69) is 0 Å². The van der Waals surface area contributed by atoms with Gasteiger partial charge in [-0.1, -0.05) is 0 Å². The highest BCUT2D eigenvalue weighted by atomic mass is 19.4. The number of anilines is 1. The van der Waals surface area contributed by atoms with E-state index in [9.17, 15) is 22.4 Å². The van der Waals surface area contributed by atoms with Crippen molar-refractivity contribution in [3.05, 3.63) is 29.6 Å². The highest BCUT2D eigenvalue weighted by molar-refractivity contribution is 5.74. The first-order chi connectivity index (χ1) is 9.79. The lowest BCUT2D eigenvalue weighted by atomic mass is 9.89. The molecule has 1 aromatic carbocycles. The number of carboxylic acid groups (broad SMARTS) is 1. The summed E-state index contributed by atoms with van der Waals surface area (Å²) < 4.78 is 51.7. The summed E-state index contributed by atoms with van der Waals surface area (Å²) in [6, 6.07) is 1.98. The van der Waals surface area contributed by atoms with Crippen molar-refractivity contribution in [2.75, 3.05) is 4.90 Å². The van der Waals surface area contributed by atoms with E-state index in [1.165, 1.54) is 0 Å². The van der Waals surface area contributed by atoms with Gasteiger partial charge in [0.2, 0.25) is 0 Å². The Morgan fingerprint density at radius 1 is 1.29 bits per heavy atom. The molecule has 1 aromatic rings. The lowest BCUT2D eigenvalue weighted by Crippen LogP contribution is -2.33. The number of benzene rings is 1. The van der Waals surface area contributed by atoms with E-state index in [-0.39, 0.29) is 17.8 Å². The second-order valence-corrected chi connectivity index (χ2v) is 5.55. The van der Waals surface area contributed by atoms with Crippen LogP contribution in [0.4, 0.5) is 23.2 Å². The fraction of sp³-hybridized carbons (Fsp3) is 0.500. The Balaban J connectivity index is 1.93. The molecule has 7 heteroatoms. The summed E-state index contributed by atoms with van der Waals surface area (Å²) in [5.41, 5.74) is -0.968. The molecule has 3 rings (SSSR count). The van der Waals surface area contributed by atoms with E-state index < -0.39 is 29.4 Å². The molecule has 0 aliphatic carbocycles. The summed E-state index contributed by atoms with van der Waals surface area (Å²) in [6.07, 6.45) is -2.80. The second-order valence-electron chi connectivity index (χ2n) is 5.55. The molecule has 2 fully saturated rings. The molecule has 3 unspecified atom stereocenters. The largest absolute Gasteiger partial charge is 0.481 e. The first-order valence-corrected chi connectivity index (χ1v) is 6.67. The van der Waals surface area contributed by atoms with E-state index in [4.69, 9.17) is 5.11 Å². The van der Waals surface area contributed by atoms with Crippen molar-refractivity contribution in [1.29, 1.82) is 0 Å². The van der Waals surface area contributed by atoms with Gasteiger partial charge in [-0.05, 0) is 37.5 Å². The minimum absolute atomic E-state index is 0.0688. The molecule has 0 spiro atoms. The van der Waals surface area contributed by atoms with Gasteiger partial charge in [0.05, 0.1) is 17.2 Å². The molecule has 2 aliphatic heterocycles. The van der Waals surface area contributed by atoms with Crippen molar-refractivity contribution in [1.82, 2.24) is 0 Å². The van der Waals surface area contributed by atoms with Crippen LogP contribution in [0.3, 0.4) is 0 Å². The molecule has 2 heterocycles. The van der Waals surface area contributed by atoms with Crippen LogP contribution in [0.25, 0.3) is 0 Å². The van der Waals surface area contributed by atoms with Crippen molar-refractivity contribution < 1.29 is 27.5 Å². The highest BCUT2D eigenvalue weighted by Crippen LogP contribution is 2.45. The summed E-state index contributed by atoms with van der Waals surface area (Å²) >= 11 is 0. The predicted molar refractivity (Wildman–Crippen MR) is 66.4 cm³/mol. The lowest BCUT2D eigenvalue weighted by Gasteiger charge is -2.26. The summed E-state index contributed by atoms with van der Waals surface area (Å²) in [7, 11) is 0. The summed E-state index contributed by atoms with van der Waals surface area (Å²) in [4.78, 5) is 12.8. The van der Waals surface area contributed by atoms with Gasteiger partial charge in [0, 0.05) is 12.1 Å². The molecule has 0 aromatic heterocycles. The molecule has 2 aliphatic rings. The van der Waals surface area contributed by atoms with Crippen LogP contribution in [-0.4, -0.2) is 23.2 Å². The third-order valence-electron chi connectivity index (χ3n) is 4.41. The molecule has 114 valence electrons. The molecule has 0 radical (unpaired) electrons. The van der Waals surface area contributed by atoms with Crippen molar-refractivity contribution in [2.24, 2.45) is 5.92 Å². The van der Waals surface area contributed by atoms with Gasteiger partial charge in [-0.3, -0.25) is 4.79 Å². The van der Waals surface area contributed by atoms with Gasteiger partial charge in [-0.25, -0.2) is 4.39 Å². The van der Waals surface area contributed by atoms with E-state index in [1.807, 2.05) is 0 Å². The van der Waals surface area contributed by atoms with Gasteiger partial charge in [0.15, 0.2) is 0 Å². The number of nitrogens with zero attached hydrogens (tertiary/aromatic N) is 1. The van der Waals surface area contributed by atoms with Gasteiger partial charge in [0.25, 0.3) is 0 Å². The third-order valence-corrected chi connectivity index (χ3v) is 4.41. The van der Waals surface area contributed by atoms with Gasteiger partial charge < -0.3 is 10.0 Å². The van der Waals surface area contributed by atoms with E-state index >= 15 is 0 Å². The Bertz CT molecular complexity index is 587. The minimum Gasteiger partial charge on any atom is -0.481 e. The molecule has 2 bridgehead atoms. The normalized spacial score (nSPS) is 28.2. The number of hydrogen-bond acceptors (Lipinski definition) is 2. The van der Waals surface area contributed by atoms with Crippen LogP contribution in [0, 0.1) is 11.7 Å². The first kappa shape index (κ1) is 14.2. The standard InChI is InChI=1S/C14H13F4NO2/c15-10-5-7(14(16,17)18)1-3-12(10)19-8-2-4-11(19)9(6-8)13(20)21/h1,3,5,8-9,11H,2,4,6H2,(H,20,21). The Morgan fingerprint density at radius 2 is 2.00 bits per heavy atom. The third kappa shape index (κ3) is 2.24. The van der Waals surface area contributed by atoms with Crippen molar-refractivity contribution in [3.8, 4) is 0 Å². The monoisotopic (exact) mass is 303 g/mol. The molecule has 2 saturated heterocycles. The number of fused-ring (bicyclic) bond motifs is 2. The zero-order chi connectivity index (χ0) is 15.4. The SMILES string of the molecule is O=C(O)C1CC2CCC1N2c1ccc(C(F)(F)F)cc1F. The van der Waals surface area contributed by atoms with Gasteiger partial charge in [-0.2, -0.15) is 13.2 Å². The predicted octanol–water partition coefficient (Wildman–Crippen LogP) is 3.29. The maximum atomic E-state index is 14.0. The van der Waals surface area contributed by atoms with Gasteiger partial charge in [0.1, 0.15) is 5.82 Å². The van der Waals surface area contributed by atoms with Crippen LogP contribution < -0.4 is 4.90 Å². The number of carbonyl (C=O) groups is 1. The van der Waals surface area contributed by atoms with E-state index in [0.29, 0.717) is 18.9 Å². The number of rotatable bonds is 2. The van der Waals surface area contributed by atoms with Crippen LogP contribution in [0.1, 0.15) is 24.8 Å². The average Bonchev–Trinajstić information content (AvgIpc) is 2.95. The van der Waals surface area contributed by atoms with Crippen LogP contribution in [0.15, 0.2) is 18.2 Å². The molecule has 1 N–H and O–H groups in total. The van der Waals surface area contributed by atoms with E-state index in [1.54, 1.807) is 4.90 Å². The average molecular weight is 303 g/mol. The Labute approximate surface area is 118 Å². The quantitative estimate of drug-likeness (QED) is 0.852. The Hall–Kier alpha value is -1.79. The van der Waals surface area contributed by atoms with E-state index in [0.717, 1.165) is 18.6 Å². The summed E-state index contributed by atoms with van der Waals surface area (Å²) in [6.45, 7) is 0. The second kappa shape index (κ2) is 4.61. The van der Waals surface area contributed by atoms with Crippen molar-refractivity contribution in [3.63, 3.8) is 0 Å². The van der Waals surface area contributed by atoms with Gasteiger partial charge in [-0.15, -0.1) is 0 Å². The van der Waals surface area contributed by atoms with Crippen LogP contribution in [-0.2, 0) is 11.0 Å². The smallest absolute Gasteiger partial charge is 0.416 e. The molecule has 0 amide bonds. The molecule has 0 saturated carbocycles. The van der Waals surface area contributed by atoms with Crippen LogP contribution in [0.5, 0.6) is 0 Å². The number of aliphatic carboxylic acids is 1. The Morgan fingerprint density at radius 3 is 2.52 bits per heavy atom. The topological polar surface area (TPSA) is 40.5 Å². The molecule has 3 atom stereocenters. The number of alkyl halides is 3. The molecule has 21 heavy (non-hydrogen) atoms. The fourth-order valence-electron chi connectivity index (χ4n) is 3.52. The maximum absolute atomic E-state index is 14.0. The zero-order valence-corrected chi connectivity index (χ0v) is 10.9. The Kier molecular flexibility index (Phi) is 3.11. The molecule has 3 nitrogen and oxygen atoms in total. The van der Waals surface area contributed by atoms with Crippen LogP contribution >= 0.6 is 0 Å². The fourth-order valence-corrected chi connectivity index (χ4v) is 3.52. The lowest BCUT2D eigenvalue weighted by molar-refractivity contribution is -0.142. The molecular formula is C14H13F4NO2. The molecular weight excluding hydrogens is 290 g/mol. The number of halogens is 4. The van der Waals surface area contributed by atoms with Gasteiger partial charge >= 0.3 is 12.1 Å².